The molecule has 0 fully saturated rings. The number of aliphatic hydroxyl groups is 1. The Balaban J connectivity index is 3.91. The van der Waals surface area contributed by atoms with Crippen molar-refractivity contribution in [1.29, 1.82) is 0 Å². The molecule has 57 heavy (non-hydrogen) atoms. The van der Waals surface area contributed by atoms with Crippen molar-refractivity contribution in [3.05, 3.63) is 48.6 Å². The highest BCUT2D eigenvalue weighted by Crippen LogP contribution is 2.43. The van der Waals surface area contributed by atoms with Gasteiger partial charge in [-0.05, 0) is 70.6 Å². The molecule has 0 aliphatic rings. The van der Waals surface area contributed by atoms with Gasteiger partial charge in [0, 0.05) is 12.8 Å². The highest BCUT2D eigenvalue weighted by atomic mass is 31.2. The number of amides is 1. The van der Waals surface area contributed by atoms with E-state index in [-0.39, 0.29) is 12.8 Å². The normalized spacial score (nSPS) is 14.2. The SMILES string of the molecule is CC/C=C\C/C=C\C/C=C\CCCCCCCC(=O)NC(COP(=O)(O)OCC(O)COC(=O)CCCCCCCCC/C=C\CCCCCCCCC)C(=O)O. The van der Waals surface area contributed by atoms with E-state index in [4.69, 9.17) is 13.8 Å². The zero-order valence-corrected chi connectivity index (χ0v) is 36.5. The molecule has 12 heteroatoms. The summed E-state index contributed by atoms with van der Waals surface area (Å²) in [6, 6.07) is -1.56. The van der Waals surface area contributed by atoms with E-state index in [1.807, 2.05) is 0 Å². The number of ether oxygens (including phenoxy) is 1. The summed E-state index contributed by atoms with van der Waals surface area (Å²) < 4.78 is 26.8. The van der Waals surface area contributed by atoms with Crippen molar-refractivity contribution in [2.24, 2.45) is 0 Å². The molecule has 0 aromatic heterocycles. The molecule has 4 N–H and O–H groups in total. The van der Waals surface area contributed by atoms with Crippen molar-refractivity contribution in [2.45, 2.75) is 199 Å². The van der Waals surface area contributed by atoms with Crippen molar-refractivity contribution in [3.63, 3.8) is 0 Å². The van der Waals surface area contributed by atoms with Crippen LogP contribution in [0.5, 0.6) is 0 Å². The number of rotatable bonds is 41. The molecule has 0 saturated carbocycles. The number of allylic oxidation sites excluding steroid dienone is 8. The zero-order chi connectivity index (χ0) is 42.1. The first-order valence-electron chi connectivity index (χ1n) is 22.2. The number of phosphoric ester groups is 1. The quantitative estimate of drug-likeness (QED) is 0.0201. The van der Waals surface area contributed by atoms with Crippen LogP contribution in [0.15, 0.2) is 48.6 Å². The molecule has 0 aliphatic heterocycles. The van der Waals surface area contributed by atoms with Crippen molar-refractivity contribution in [3.8, 4) is 0 Å². The summed E-state index contributed by atoms with van der Waals surface area (Å²) in [6.45, 7) is 2.46. The Morgan fingerprint density at radius 3 is 1.54 bits per heavy atom. The van der Waals surface area contributed by atoms with E-state index in [1.54, 1.807) is 0 Å². The summed E-state index contributed by atoms with van der Waals surface area (Å²) in [5.41, 5.74) is 0. The van der Waals surface area contributed by atoms with Crippen LogP contribution in [0.3, 0.4) is 0 Å². The monoisotopic (exact) mass is 826 g/mol. The van der Waals surface area contributed by atoms with Gasteiger partial charge in [0.05, 0.1) is 13.2 Å². The van der Waals surface area contributed by atoms with E-state index in [9.17, 15) is 34.1 Å². The number of carboxylic acids is 1. The van der Waals surface area contributed by atoms with Crippen LogP contribution < -0.4 is 5.32 Å². The van der Waals surface area contributed by atoms with Gasteiger partial charge in [0.15, 0.2) is 6.04 Å². The number of phosphoric acid groups is 1. The van der Waals surface area contributed by atoms with E-state index in [0.717, 1.165) is 77.0 Å². The minimum absolute atomic E-state index is 0.124. The highest BCUT2D eigenvalue weighted by Gasteiger charge is 2.28. The maximum Gasteiger partial charge on any atom is 0.472 e. The molecule has 0 rings (SSSR count). The van der Waals surface area contributed by atoms with Gasteiger partial charge >= 0.3 is 19.8 Å². The molecule has 0 aromatic carbocycles. The van der Waals surface area contributed by atoms with Gasteiger partial charge in [-0.3, -0.25) is 18.6 Å². The van der Waals surface area contributed by atoms with Gasteiger partial charge in [-0.1, -0.05) is 152 Å². The topological polar surface area (TPSA) is 169 Å². The average Bonchev–Trinajstić information content (AvgIpc) is 3.18. The van der Waals surface area contributed by atoms with Gasteiger partial charge in [0.25, 0.3) is 0 Å². The maximum atomic E-state index is 12.3. The number of nitrogens with one attached hydrogen (secondary N) is 1. The zero-order valence-electron chi connectivity index (χ0n) is 35.6. The molecule has 330 valence electrons. The first-order chi connectivity index (χ1) is 27.6. The number of hydrogen-bond acceptors (Lipinski definition) is 8. The van der Waals surface area contributed by atoms with Gasteiger partial charge in [0.1, 0.15) is 12.7 Å². The minimum atomic E-state index is -4.76. The first-order valence-corrected chi connectivity index (χ1v) is 23.7. The lowest BCUT2D eigenvalue weighted by Gasteiger charge is -2.18. The van der Waals surface area contributed by atoms with Gasteiger partial charge in [-0.15, -0.1) is 0 Å². The smallest absolute Gasteiger partial charge is 0.472 e. The summed E-state index contributed by atoms with van der Waals surface area (Å²) >= 11 is 0. The number of carbonyl (C=O) groups is 3. The number of carbonyl (C=O) groups excluding carboxylic acids is 2. The van der Waals surface area contributed by atoms with Crippen LogP contribution in [-0.2, 0) is 32.7 Å². The Bertz CT molecular complexity index is 1150. The van der Waals surface area contributed by atoms with Crippen LogP contribution in [0.1, 0.15) is 187 Å². The predicted molar refractivity (Wildman–Crippen MR) is 231 cm³/mol. The molecule has 1 amide bonds. The van der Waals surface area contributed by atoms with Crippen molar-refractivity contribution < 1.29 is 47.8 Å². The molecule has 0 aliphatic carbocycles. The number of aliphatic hydroxyl groups excluding tert-OH is 1. The second kappa shape index (κ2) is 40.2. The Kier molecular flexibility index (Phi) is 38.4. The third-order valence-corrected chi connectivity index (χ3v) is 10.3. The van der Waals surface area contributed by atoms with E-state index in [2.05, 4.69) is 67.8 Å². The second-order valence-corrected chi connectivity index (χ2v) is 16.3. The lowest BCUT2D eigenvalue weighted by Crippen LogP contribution is -2.43. The van der Waals surface area contributed by atoms with Crippen molar-refractivity contribution in [2.75, 3.05) is 19.8 Å². The first kappa shape index (κ1) is 54.4. The largest absolute Gasteiger partial charge is 0.480 e. The van der Waals surface area contributed by atoms with E-state index in [1.165, 1.54) is 70.6 Å². The maximum absolute atomic E-state index is 12.3. The Hall–Kier alpha value is -2.56. The second-order valence-electron chi connectivity index (χ2n) is 14.9. The number of aliphatic carboxylic acids is 1. The molecule has 3 atom stereocenters. The predicted octanol–water partition coefficient (Wildman–Crippen LogP) is 11.4. The molecule has 0 aromatic rings. The van der Waals surface area contributed by atoms with Crippen LogP contribution in [0.4, 0.5) is 0 Å². The fourth-order valence-electron chi connectivity index (χ4n) is 5.91. The summed E-state index contributed by atoms with van der Waals surface area (Å²) in [5, 5.41) is 21.8. The van der Waals surface area contributed by atoms with Gasteiger partial charge in [0.2, 0.25) is 5.91 Å². The minimum Gasteiger partial charge on any atom is -0.480 e. The summed E-state index contributed by atoms with van der Waals surface area (Å²) in [7, 11) is -4.76. The number of esters is 1. The molecule has 0 bridgehead atoms. The third kappa shape index (κ3) is 40.0. The lowest BCUT2D eigenvalue weighted by molar-refractivity contribution is -0.147. The van der Waals surface area contributed by atoms with Crippen LogP contribution in [-0.4, -0.2) is 64.9 Å². The van der Waals surface area contributed by atoms with Gasteiger partial charge in [-0.25, -0.2) is 9.36 Å². The lowest BCUT2D eigenvalue weighted by atomic mass is 10.1. The molecule has 0 radical (unpaired) electrons. The van der Waals surface area contributed by atoms with E-state index < -0.39 is 57.6 Å². The molecule has 11 nitrogen and oxygen atoms in total. The number of hydrogen-bond donors (Lipinski definition) is 4. The molecule has 3 unspecified atom stereocenters. The molecule has 0 saturated heterocycles. The van der Waals surface area contributed by atoms with Crippen LogP contribution >= 0.6 is 7.82 Å². The van der Waals surface area contributed by atoms with Crippen molar-refractivity contribution >= 4 is 25.7 Å². The van der Waals surface area contributed by atoms with Crippen molar-refractivity contribution in [1.82, 2.24) is 5.32 Å². The average molecular weight is 826 g/mol. The Labute approximate surface area is 345 Å². The molecule has 0 heterocycles. The highest BCUT2D eigenvalue weighted by molar-refractivity contribution is 7.47. The van der Waals surface area contributed by atoms with Crippen LogP contribution in [0.2, 0.25) is 0 Å². The molecule has 0 spiro atoms. The fourth-order valence-corrected chi connectivity index (χ4v) is 6.68. The Morgan fingerprint density at radius 1 is 0.579 bits per heavy atom. The van der Waals surface area contributed by atoms with Gasteiger partial charge in [-0.2, -0.15) is 0 Å². The summed E-state index contributed by atoms with van der Waals surface area (Å²) in [6.07, 6.45) is 44.2. The Morgan fingerprint density at radius 2 is 1.02 bits per heavy atom. The molecular formula is C45H80NO10P. The summed E-state index contributed by atoms with van der Waals surface area (Å²) in [4.78, 5) is 45.9. The van der Waals surface area contributed by atoms with E-state index in [0.29, 0.717) is 12.8 Å². The molecular weight excluding hydrogens is 745 g/mol. The van der Waals surface area contributed by atoms with Crippen LogP contribution in [0.25, 0.3) is 0 Å². The fraction of sp³-hybridized carbons (Fsp3) is 0.756. The number of carboxylic acid groups (broad SMARTS) is 1. The van der Waals surface area contributed by atoms with Gasteiger partial charge < -0.3 is 25.2 Å². The van der Waals surface area contributed by atoms with Crippen LogP contribution in [0, 0.1) is 0 Å². The third-order valence-electron chi connectivity index (χ3n) is 9.35. The number of unbranched alkanes of at least 4 members (excludes halogenated alkanes) is 19. The van der Waals surface area contributed by atoms with E-state index >= 15 is 0 Å². The summed E-state index contributed by atoms with van der Waals surface area (Å²) in [5.74, 6) is -2.40. The standard InChI is InChI=1S/C45H80NO10P/c1-3-5-7-9-11-13-15-17-19-20-21-23-25-27-29-31-33-35-37-44(49)54-38-41(47)39-55-57(52,53)56-40-42(45(50)51)46-43(48)36-34-32-30-28-26-24-22-18-16-14-12-10-8-6-4-2/h6,8,12,14,18-20,22,41-42,47H,3-5,7,9-11,13,15-17,21,23-40H2,1-2H3,(H,46,48)(H,50,51)(H,52,53)/b8-6-,14-12-,20-19-,22-18-.